The molecule has 0 radical (unpaired) electrons. The van der Waals surface area contributed by atoms with Crippen LogP contribution in [0.1, 0.15) is 24.1 Å². The van der Waals surface area contributed by atoms with Gasteiger partial charge in [-0.1, -0.05) is 54.6 Å². The lowest BCUT2D eigenvalue weighted by molar-refractivity contribution is -0.113. The van der Waals surface area contributed by atoms with E-state index in [9.17, 15) is 4.79 Å². The van der Waals surface area contributed by atoms with E-state index in [0.717, 1.165) is 22.6 Å². The van der Waals surface area contributed by atoms with Crippen molar-refractivity contribution in [2.24, 2.45) is 0 Å². The first-order chi connectivity index (χ1) is 19.1. The molecule has 4 aromatic carbocycles. The SMILES string of the molecule is COc1ccc(NC(=O)C2=C(C)Nc3ncnn3C2c2ccc(OCc3cccc4ccccc34)cc2)cc1. The Labute approximate surface area is 225 Å². The molecule has 2 heterocycles. The highest BCUT2D eigenvalue weighted by atomic mass is 16.5. The molecule has 0 fully saturated rings. The summed E-state index contributed by atoms with van der Waals surface area (Å²) in [5.41, 5.74) is 3.94. The molecule has 1 amide bonds. The van der Waals surface area contributed by atoms with Crippen LogP contribution >= 0.6 is 0 Å². The molecular weight excluding hydrogens is 490 g/mol. The van der Waals surface area contributed by atoms with Gasteiger partial charge in [0.25, 0.3) is 5.91 Å². The van der Waals surface area contributed by atoms with Crippen LogP contribution in [0.4, 0.5) is 11.6 Å². The van der Waals surface area contributed by atoms with Gasteiger partial charge in [0.1, 0.15) is 30.5 Å². The summed E-state index contributed by atoms with van der Waals surface area (Å²) in [6.45, 7) is 2.32. The highest BCUT2D eigenvalue weighted by molar-refractivity contribution is 6.06. The summed E-state index contributed by atoms with van der Waals surface area (Å²) in [5, 5.41) is 13.0. The minimum atomic E-state index is -0.464. The predicted molar refractivity (Wildman–Crippen MR) is 151 cm³/mol. The highest BCUT2D eigenvalue weighted by Gasteiger charge is 2.33. The number of carbonyl (C=O) groups excluding carboxylic acids is 1. The number of allylic oxidation sites excluding steroid dienone is 1. The smallest absolute Gasteiger partial charge is 0.255 e. The number of nitrogens with one attached hydrogen (secondary N) is 2. The monoisotopic (exact) mass is 517 g/mol. The third-order valence-corrected chi connectivity index (χ3v) is 6.86. The van der Waals surface area contributed by atoms with Crippen molar-refractivity contribution >= 4 is 28.3 Å². The molecule has 2 N–H and O–H groups in total. The summed E-state index contributed by atoms with van der Waals surface area (Å²) < 4.78 is 13.1. The van der Waals surface area contributed by atoms with Gasteiger partial charge in [-0.2, -0.15) is 10.1 Å². The van der Waals surface area contributed by atoms with E-state index in [1.165, 1.54) is 17.1 Å². The number of fused-ring (bicyclic) bond motifs is 2. The van der Waals surface area contributed by atoms with Crippen molar-refractivity contribution in [3.8, 4) is 11.5 Å². The minimum absolute atomic E-state index is 0.229. The number of rotatable bonds is 7. The van der Waals surface area contributed by atoms with Crippen LogP contribution in [-0.2, 0) is 11.4 Å². The Balaban J connectivity index is 1.25. The molecule has 0 saturated carbocycles. The predicted octanol–water partition coefficient (Wildman–Crippen LogP) is 5.95. The highest BCUT2D eigenvalue weighted by Crippen LogP contribution is 2.36. The van der Waals surface area contributed by atoms with Crippen molar-refractivity contribution in [3.63, 3.8) is 0 Å². The Kier molecular flexibility index (Phi) is 6.42. The number of aromatic nitrogens is 3. The molecule has 39 heavy (non-hydrogen) atoms. The first-order valence-electron chi connectivity index (χ1n) is 12.6. The van der Waals surface area contributed by atoms with Crippen molar-refractivity contribution in [2.75, 3.05) is 17.7 Å². The fourth-order valence-corrected chi connectivity index (χ4v) is 4.89. The molecule has 1 aliphatic rings. The van der Waals surface area contributed by atoms with Gasteiger partial charge in [-0.25, -0.2) is 4.68 Å². The van der Waals surface area contributed by atoms with Crippen molar-refractivity contribution < 1.29 is 14.3 Å². The van der Waals surface area contributed by atoms with E-state index >= 15 is 0 Å². The Morgan fingerprint density at radius 2 is 1.69 bits per heavy atom. The van der Waals surface area contributed by atoms with Crippen LogP contribution in [-0.4, -0.2) is 27.8 Å². The molecule has 1 aliphatic heterocycles. The van der Waals surface area contributed by atoms with Gasteiger partial charge in [0.2, 0.25) is 5.95 Å². The third kappa shape index (κ3) is 4.80. The molecule has 0 saturated heterocycles. The number of carbonyl (C=O) groups is 1. The fourth-order valence-electron chi connectivity index (χ4n) is 4.89. The van der Waals surface area contributed by atoms with Gasteiger partial charge in [-0.15, -0.1) is 0 Å². The van der Waals surface area contributed by atoms with E-state index < -0.39 is 6.04 Å². The maximum absolute atomic E-state index is 13.6. The molecule has 5 aromatic rings. The second kappa shape index (κ2) is 10.3. The van der Waals surface area contributed by atoms with Gasteiger partial charge in [0, 0.05) is 11.4 Å². The lowest BCUT2D eigenvalue weighted by Gasteiger charge is -2.28. The zero-order valence-electron chi connectivity index (χ0n) is 21.6. The Hall–Kier alpha value is -5.11. The third-order valence-electron chi connectivity index (χ3n) is 6.86. The van der Waals surface area contributed by atoms with Crippen LogP contribution in [0.5, 0.6) is 11.5 Å². The largest absolute Gasteiger partial charge is 0.497 e. The molecule has 1 aromatic heterocycles. The van der Waals surface area contributed by atoms with Gasteiger partial charge in [-0.3, -0.25) is 4.79 Å². The second-order valence-electron chi connectivity index (χ2n) is 9.27. The Morgan fingerprint density at radius 3 is 2.49 bits per heavy atom. The van der Waals surface area contributed by atoms with E-state index in [4.69, 9.17) is 9.47 Å². The van der Waals surface area contributed by atoms with E-state index in [-0.39, 0.29) is 5.91 Å². The quantitative estimate of drug-likeness (QED) is 0.277. The maximum atomic E-state index is 13.6. The summed E-state index contributed by atoms with van der Waals surface area (Å²) in [4.78, 5) is 17.9. The number of methoxy groups -OCH3 is 1. The van der Waals surface area contributed by atoms with Crippen molar-refractivity contribution in [1.82, 2.24) is 14.8 Å². The summed E-state index contributed by atoms with van der Waals surface area (Å²) in [6, 6.07) is 29.1. The number of hydrogen-bond donors (Lipinski definition) is 2. The zero-order valence-corrected chi connectivity index (χ0v) is 21.6. The normalized spacial score (nSPS) is 14.5. The minimum Gasteiger partial charge on any atom is -0.497 e. The number of amides is 1. The molecule has 0 spiro atoms. The van der Waals surface area contributed by atoms with Gasteiger partial charge in [0.15, 0.2) is 0 Å². The Morgan fingerprint density at radius 1 is 0.949 bits per heavy atom. The van der Waals surface area contributed by atoms with Gasteiger partial charge < -0.3 is 20.1 Å². The summed E-state index contributed by atoms with van der Waals surface area (Å²) in [6.07, 6.45) is 1.48. The van der Waals surface area contributed by atoms with E-state index in [2.05, 4.69) is 45.0 Å². The molecule has 1 unspecified atom stereocenters. The molecule has 0 bridgehead atoms. The van der Waals surface area contributed by atoms with E-state index in [1.54, 1.807) is 36.1 Å². The van der Waals surface area contributed by atoms with Crippen LogP contribution in [0.3, 0.4) is 0 Å². The second-order valence-corrected chi connectivity index (χ2v) is 9.27. The molecule has 6 rings (SSSR count). The Bertz CT molecular complexity index is 1670. The van der Waals surface area contributed by atoms with Gasteiger partial charge in [0.05, 0.1) is 12.7 Å². The van der Waals surface area contributed by atoms with Crippen LogP contribution in [0, 0.1) is 0 Å². The van der Waals surface area contributed by atoms with Crippen LogP contribution in [0.2, 0.25) is 0 Å². The summed E-state index contributed by atoms with van der Waals surface area (Å²) >= 11 is 0. The van der Waals surface area contributed by atoms with Crippen LogP contribution in [0.25, 0.3) is 10.8 Å². The average Bonchev–Trinajstić information content (AvgIpc) is 3.44. The number of hydrogen-bond acceptors (Lipinski definition) is 6. The first-order valence-corrected chi connectivity index (χ1v) is 12.6. The molecule has 0 aliphatic carbocycles. The van der Waals surface area contributed by atoms with Crippen LogP contribution < -0.4 is 20.1 Å². The van der Waals surface area contributed by atoms with Crippen molar-refractivity contribution in [2.45, 2.75) is 19.6 Å². The van der Waals surface area contributed by atoms with Gasteiger partial charge >= 0.3 is 0 Å². The standard InChI is InChI=1S/C31H27N5O3/c1-20-28(30(37)35-24-12-16-25(38-2)17-13-24)29(36-31(34-20)32-19-33-36)22-10-14-26(15-11-22)39-18-23-8-5-7-21-6-3-4-9-27(21)23/h3-17,19,29H,18H2,1-2H3,(H,35,37)(H,32,33,34). The number of ether oxygens (including phenoxy) is 2. The zero-order chi connectivity index (χ0) is 26.8. The summed E-state index contributed by atoms with van der Waals surface area (Å²) in [5.74, 6) is 1.81. The lowest BCUT2D eigenvalue weighted by atomic mass is 9.95. The lowest BCUT2D eigenvalue weighted by Crippen LogP contribution is -2.31. The number of benzene rings is 4. The van der Waals surface area contributed by atoms with E-state index in [0.29, 0.717) is 29.5 Å². The molecule has 1 atom stereocenters. The van der Waals surface area contributed by atoms with Gasteiger partial charge in [-0.05, 0) is 65.2 Å². The average molecular weight is 518 g/mol. The summed E-state index contributed by atoms with van der Waals surface area (Å²) in [7, 11) is 1.61. The molecule has 8 heteroatoms. The fraction of sp³-hybridized carbons (Fsp3) is 0.129. The molecular formula is C31H27N5O3. The van der Waals surface area contributed by atoms with Crippen molar-refractivity contribution in [3.05, 3.63) is 120 Å². The van der Waals surface area contributed by atoms with E-state index in [1.807, 2.05) is 49.4 Å². The number of anilines is 2. The molecule has 8 nitrogen and oxygen atoms in total. The topological polar surface area (TPSA) is 90.3 Å². The molecule has 194 valence electrons. The van der Waals surface area contributed by atoms with Crippen molar-refractivity contribution in [1.29, 1.82) is 0 Å². The maximum Gasteiger partial charge on any atom is 0.255 e. The first kappa shape index (κ1) is 24.2. The number of nitrogens with zero attached hydrogens (tertiary/aromatic N) is 3. The van der Waals surface area contributed by atoms with Crippen LogP contribution in [0.15, 0.2) is 109 Å².